The monoisotopic (exact) mass is 555 g/mol. The lowest BCUT2D eigenvalue weighted by Crippen LogP contribution is -2.39. The van der Waals surface area contributed by atoms with Crippen molar-refractivity contribution < 1.29 is 22.4 Å². The molecule has 8 heteroatoms. The zero-order valence-electron chi connectivity index (χ0n) is 23.5. The van der Waals surface area contributed by atoms with Crippen LogP contribution in [0.15, 0.2) is 72.8 Å². The first-order valence-corrected chi connectivity index (χ1v) is 13.6. The van der Waals surface area contributed by atoms with Crippen molar-refractivity contribution >= 4 is 11.6 Å². The first-order valence-electron chi connectivity index (χ1n) is 13.6. The lowest BCUT2D eigenvalue weighted by Gasteiger charge is -2.30. The Kier molecular flexibility index (Phi) is 9.19. The highest BCUT2D eigenvalue weighted by Crippen LogP contribution is 2.37. The van der Waals surface area contributed by atoms with Gasteiger partial charge in [-0.05, 0) is 65.4 Å². The Morgan fingerprint density at radius 1 is 0.975 bits per heavy atom. The van der Waals surface area contributed by atoms with Crippen molar-refractivity contribution in [3.8, 4) is 0 Å². The Labute approximate surface area is 234 Å². The zero-order valence-corrected chi connectivity index (χ0v) is 23.5. The van der Waals surface area contributed by atoms with Crippen LogP contribution in [-0.2, 0) is 12.7 Å². The number of carbonyl (C=O) groups excluding carboxylic acids is 1. The molecule has 0 aromatic heterocycles. The lowest BCUT2D eigenvalue weighted by atomic mass is 9.87. The first kappa shape index (κ1) is 29.6. The van der Waals surface area contributed by atoms with Crippen LogP contribution < -0.4 is 4.90 Å². The van der Waals surface area contributed by atoms with Crippen LogP contribution in [0.5, 0.6) is 0 Å². The van der Waals surface area contributed by atoms with Gasteiger partial charge in [0.2, 0.25) is 0 Å². The maximum atomic E-state index is 13.6. The number of hydrogen-bond donors (Lipinski definition) is 0. The fourth-order valence-corrected chi connectivity index (χ4v) is 5.49. The Morgan fingerprint density at radius 3 is 2.25 bits per heavy atom. The number of rotatable bonds is 9. The molecule has 1 amide bonds. The van der Waals surface area contributed by atoms with Gasteiger partial charge >= 0.3 is 6.18 Å². The van der Waals surface area contributed by atoms with Crippen LogP contribution in [0, 0.1) is 17.7 Å². The van der Waals surface area contributed by atoms with E-state index in [-0.39, 0.29) is 23.7 Å². The molecule has 2 atom stereocenters. The molecule has 0 spiro atoms. The number of carbonyl (C=O) groups is 1. The van der Waals surface area contributed by atoms with Crippen LogP contribution in [-0.4, -0.2) is 56.0 Å². The Morgan fingerprint density at radius 2 is 1.65 bits per heavy atom. The van der Waals surface area contributed by atoms with Crippen molar-refractivity contribution in [1.82, 2.24) is 9.80 Å². The van der Waals surface area contributed by atoms with E-state index in [9.17, 15) is 22.4 Å². The van der Waals surface area contributed by atoms with Crippen molar-refractivity contribution in [2.24, 2.45) is 11.8 Å². The van der Waals surface area contributed by atoms with Gasteiger partial charge in [-0.25, -0.2) is 4.39 Å². The summed E-state index contributed by atoms with van der Waals surface area (Å²) >= 11 is 0. The highest BCUT2D eigenvalue weighted by molar-refractivity contribution is 5.94. The molecule has 40 heavy (non-hydrogen) atoms. The molecular weight excluding hydrogens is 518 g/mol. The molecule has 0 radical (unpaired) electrons. The maximum absolute atomic E-state index is 13.6. The van der Waals surface area contributed by atoms with Crippen LogP contribution in [0.2, 0.25) is 0 Å². The molecule has 1 aliphatic heterocycles. The minimum absolute atomic E-state index is 0.0762. The molecule has 0 N–H and O–H groups in total. The molecule has 1 saturated heterocycles. The second-order valence-corrected chi connectivity index (χ2v) is 11.4. The number of amides is 1. The minimum atomic E-state index is -4.43. The Balaban J connectivity index is 1.62. The fourth-order valence-electron chi connectivity index (χ4n) is 5.49. The maximum Gasteiger partial charge on any atom is 0.416 e. The average Bonchev–Trinajstić information content (AvgIpc) is 3.30. The third-order valence-electron chi connectivity index (χ3n) is 7.44. The Hall–Kier alpha value is -3.39. The summed E-state index contributed by atoms with van der Waals surface area (Å²) < 4.78 is 54.3. The summed E-state index contributed by atoms with van der Waals surface area (Å²) in [6, 6.07) is 19.3. The van der Waals surface area contributed by atoms with Gasteiger partial charge in [-0.2, -0.15) is 13.2 Å². The summed E-state index contributed by atoms with van der Waals surface area (Å²) in [5, 5.41) is 0. The number of nitrogens with zero attached hydrogens (tertiary/aromatic N) is 3. The van der Waals surface area contributed by atoms with Crippen molar-refractivity contribution in [1.29, 1.82) is 0 Å². The molecule has 4 rings (SSSR count). The second-order valence-electron chi connectivity index (χ2n) is 11.4. The van der Waals surface area contributed by atoms with E-state index in [1.165, 1.54) is 36.4 Å². The molecule has 1 aliphatic rings. The summed E-state index contributed by atoms with van der Waals surface area (Å²) in [5.74, 6) is -0.688. The van der Waals surface area contributed by atoms with E-state index < -0.39 is 17.6 Å². The van der Waals surface area contributed by atoms with Crippen molar-refractivity contribution in [3.63, 3.8) is 0 Å². The third-order valence-corrected chi connectivity index (χ3v) is 7.44. The van der Waals surface area contributed by atoms with E-state index in [4.69, 9.17) is 0 Å². The molecule has 1 fully saturated rings. The molecule has 4 nitrogen and oxygen atoms in total. The number of anilines is 1. The number of hydrogen-bond acceptors (Lipinski definition) is 3. The molecule has 1 heterocycles. The smallest absolute Gasteiger partial charge is 0.378 e. The molecule has 3 aromatic rings. The molecule has 0 bridgehead atoms. The van der Waals surface area contributed by atoms with Gasteiger partial charge in [-0.3, -0.25) is 9.69 Å². The van der Waals surface area contributed by atoms with Gasteiger partial charge in [0.05, 0.1) is 5.56 Å². The van der Waals surface area contributed by atoms with Crippen LogP contribution in [0.1, 0.15) is 46.8 Å². The summed E-state index contributed by atoms with van der Waals surface area (Å²) in [4.78, 5) is 19.6. The number of likely N-dealkylation sites (tertiary alicyclic amines) is 1. The average molecular weight is 556 g/mol. The first-order chi connectivity index (χ1) is 18.9. The summed E-state index contributed by atoms with van der Waals surface area (Å²) in [6.07, 6.45) is -4.43. The van der Waals surface area contributed by atoms with E-state index >= 15 is 0 Å². The van der Waals surface area contributed by atoms with Crippen molar-refractivity contribution in [3.05, 3.63) is 101 Å². The predicted molar refractivity (Wildman–Crippen MR) is 151 cm³/mol. The molecule has 0 aliphatic carbocycles. The molecule has 3 aromatic carbocycles. The number of benzene rings is 3. The van der Waals surface area contributed by atoms with Gasteiger partial charge in [-0.1, -0.05) is 44.2 Å². The summed E-state index contributed by atoms with van der Waals surface area (Å²) in [7, 11) is 3.96. The van der Waals surface area contributed by atoms with E-state index in [0.29, 0.717) is 43.9 Å². The van der Waals surface area contributed by atoms with Crippen LogP contribution in [0.25, 0.3) is 0 Å². The Bertz CT molecular complexity index is 1270. The van der Waals surface area contributed by atoms with Gasteiger partial charge in [0.1, 0.15) is 5.82 Å². The van der Waals surface area contributed by atoms with Gasteiger partial charge < -0.3 is 9.80 Å². The van der Waals surface area contributed by atoms with Crippen molar-refractivity contribution in [2.45, 2.75) is 32.5 Å². The van der Waals surface area contributed by atoms with Gasteiger partial charge in [0.25, 0.3) is 5.91 Å². The van der Waals surface area contributed by atoms with Crippen LogP contribution >= 0.6 is 0 Å². The largest absolute Gasteiger partial charge is 0.416 e. The molecule has 0 unspecified atom stereocenters. The van der Waals surface area contributed by atoms with E-state index in [1.807, 2.05) is 32.8 Å². The second kappa shape index (κ2) is 12.4. The standard InChI is InChI=1S/C32H37F4N3O/c1-22(2)17-39(31(40)24-10-12-28(33)13-11-24)20-26-19-38(18-23-8-14-29(15-9-23)37(3)4)21-30(26)25-6-5-7-27(16-25)32(34,35)36/h5-16,22,26,30H,17-21H2,1-4H3/t26-,30+/m0/s1. The van der Waals surface area contributed by atoms with Crippen molar-refractivity contribution in [2.75, 3.05) is 45.2 Å². The molecule has 214 valence electrons. The molecule has 0 saturated carbocycles. The minimum Gasteiger partial charge on any atom is -0.378 e. The zero-order chi connectivity index (χ0) is 29.0. The third kappa shape index (κ3) is 7.42. The number of halogens is 4. The highest BCUT2D eigenvalue weighted by Gasteiger charge is 2.38. The number of alkyl halides is 3. The predicted octanol–water partition coefficient (Wildman–Crippen LogP) is 6.92. The summed E-state index contributed by atoms with van der Waals surface area (Å²) in [6.45, 7) is 6.82. The van der Waals surface area contributed by atoms with Gasteiger partial charge in [-0.15, -0.1) is 0 Å². The normalized spacial score (nSPS) is 17.8. The van der Waals surface area contributed by atoms with Crippen LogP contribution in [0.3, 0.4) is 0 Å². The van der Waals surface area contributed by atoms with Crippen LogP contribution in [0.4, 0.5) is 23.2 Å². The highest BCUT2D eigenvalue weighted by atomic mass is 19.4. The van der Waals surface area contributed by atoms with Gasteiger partial charge in [0, 0.05) is 64.0 Å². The quantitative estimate of drug-likeness (QED) is 0.268. The van der Waals surface area contributed by atoms with E-state index in [2.05, 4.69) is 29.2 Å². The lowest BCUT2D eigenvalue weighted by molar-refractivity contribution is -0.137. The molecular formula is C32H37F4N3O. The van der Waals surface area contributed by atoms with E-state index in [0.717, 1.165) is 17.3 Å². The fraction of sp³-hybridized carbons (Fsp3) is 0.406. The van der Waals surface area contributed by atoms with E-state index in [1.54, 1.807) is 11.0 Å². The topological polar surface area (TPSA) is 26.8 Å². The van der Waals surface area contributed by atoms with Gasteiger partial charge in [0.15, 0.2) is 0 Å². The SMILES string of the molecule is CC(C)CN(C[C@@H]1CN(Cc2ccc(N(C)C)cc2)C[C@@H]1c1cccc(C(F)(F)F)c1)C(=O)c1ccc(F)cc1. The summed E-state index contributed by atoms with van der Waals surface area (Å²) in [5.41, 5.74) is 2.57.